The van der Waals surface area contributed by atoms with Crippen LogP contribution in [0.3, 0.4) is 0 Å². The number of aromatic hydroxyl groups is 1. The van der Waals surface area contributed by atoms with Gasteiger partial charge in [0.2, 0.25) is 5.91 Å². The maximum atomic E-state index is 13.4. The molecule has 186 valence electrons. The Morgan fingerprint density at radius 3 is 2.77 bits per heavy atom. The minimum Gasteiger partial charge on any atom is -0.504 e. The third kappa shape index (κ3) is 2.99. The van der Waals surface area contributed by atoms with Crippen molar-refractivity contribution in [3.8, 4) is 11.5 Å². The van der Waals surface area contributed by atoms with Crippen LogP contribution in [0.15, 0.2) is 30.3 Å². The summed E-state index contributed by atoms with van der Waals surface area (Å²) in [4.78, 5) is 17.6. The molecule has 2 heterocycles. The molecule has 2 N–H and O–H groups in total. The Bertz CT molecular complexity index is 1210. The van der Waals surface area contributed by atoms with Crippen LogP contribution in [-0.4, -0.2) is 70.3 Å². The number of hydrogen-bond donors (Lipinski definition) is 2. The number of amides is 1. The van der Waals surface area contributed by atoms with E-state index >= 15 is 0 Å². The number of likely N-dealkylation sites (tertiary alicyclic amines) is 1. The lowest BCUT2D eigenvalue weighted by Gasteiger charge is -2.64. The van der Waals surface area contributed by atoms with Gasteiger partial charge in [0, 0.05) is 25.1 Å². The molecule has 2 aromatic carbocycles. The summed E-state index contributed by atoms with van der Waals surface area (Å²) in [5.41, 5.74) is 4.30. The standard InChI is InChI=1S/C29H36N2O4/c1-17-5-6-19(15-18(17)2)7-10-24(33)31(4)21-11-12-29(34)23-16-20-8-9-22(32)26-25(20)28(29,27(21)35-26)13-14-30(23)3/h5-6,8-9,15,21,23,27,32,34H,7,10-14,16H2,1-4H3/t21?,23-,27?,28+,29-/m1/s1. The number of likely N-dealkylation sites (N-methyl/N-ethyl adjacent to an activating group) is 2. The molecule has 6 heteroatoms. The first-order valence-corrected chi connectivity index (χ1v) is 12.9. The Kier molecular flexibility index (Phi) is 5.04. The molecule has 6 nitrogen and oxygen atoms in total. The van der Waals surface area contributed by atoms with Gasteiger partial charge in [0.15, 0.2) is 11.5 Å². The van der Waals surface area contributed by atoms with Gasteiger partial charge in [0.05, 0.1) is 17.1 Å². The number of aryl methyl sites for hydroxylation is 3. The number of piperidine rings is 1. The molecule has 2 unspecified atom stereocenters. The van der Waals surface area contributed by atoms with E-state index in [1.165, 1.54) is 16.7 Å². The number of carbonyl (C=O) groups is 1. The Morgan fingerprint density at radius 1 is 1.20 bits per heavy atom. The van der Waals surface area contributed by atoms with E-state index in [9.17, 15) is 15.0 Å². The average molecular weight is 477 g/mol. The van der Waals surface area contributed by atoms with Gasteiger partial charge in [-0.15, -0.1) is 0 Å². The van der Waals surface area contributed by atoms with Gasteiger partial charge in [-0.25, -0.2) is 0 Å². The SMILES string of the molecule is Cc1ccc(CCC(=O)N(C)C2CC[C@@]3(O)[C@H]4Cc5ccc(O)c6c5[C@@]3(CCN4C)C2O6)cc1C. The maximum absolute atomic E-state index is 13.4. The molecule has 1 spiro atoms. The second kappa shape index (κ2) is 7.71. The van der Waals surface area contributed by atoms with Gasteiger partial charge >= 0.3 is 0 Å². The zero-order valence-electron chi connectivity index (χ0n) is 21.2. The van der Waals surface area contributed by atoms with Crippen molar-refractivity contribution < 1.29 is 19.7 Å². The molecule has 2 aliphatic carbocycles. The molecule has 2 aliphatic heterocycles. The number of nitrogens with zero attached hydrogens (tertiary/aromatic N) is 2. The zero-order chi connectivity index (χ0) is 24.7. The van der Waals surface area contributed by atoms with Gasteiger partial charge in [-0.3, -0.25) is 4.79 Å². The van der Waals surface area contributed by atoms with E-state index in [0.29, 0.717) is 31.4 Å². The van der Waals surface area contributed by atoms with E-state index in [0.717, 1.165) is 30.5 Å². The molecule has 1 amide bonds. The van der Waals surface area contributed by atoms with Crippen molar-refractivity contribution in [3.63, 3.8) is 0 Å². The van der Waals surface area contributed by atoms with Crippen LogP contribution in [0.25, 0.3) is 0 Å². The number of rotatable bonds is 4. The average Bonchev–Trinajstić information content (AvgIpc) is 3.19. The molecule has 35 heavy (non-hydrogen) atoms. The van der Waals surface area contributed by atoms with Crippen molar-refractivity contribution in [2.75, 3.05) is 20.6 Å². The minimum atomic E-state index is -0.934. The molecule has 1 saturated carbocycles. The van der Waals surface area contributed by atoms with Gasteiger partial charge in [0.25, 0.3) is 0 Å². The molecule has 4 aliphatic rings. The van der Waals surface area contributed by atoms with Crippen molar-refractivity contribution in [2.45, 2.75) is 81.6 Å². The van der Waals surface area contributed by atoms with Crippen LogP contribution < -0.4 is 4.74 Å². The van der Waals surface area contributed by atoms with Crippen LogP contribution in [0.2, 0.25) is 0 Å². The minimum absolute atomic E-state index is 0.0112. The largest absolute Gasteiger partial charge is 0.504 e. The molecule has 5 atom stereocenters. The number of carbonyl (C=O) groups excluding carboxylic acids is 1. The third-order valence-electron chi connectivity index (χ3n) is 9.79. The Labute approximate surface area is 207 Å². The molecule has 0 aromatic heterocycles. The summed E-state index contributed by atoms with van der Waals surface area (Å²) in [6.45, 7) is 5.06. The molecule has 2 aromatic rings. The first kappa shape index (κ1) is 22.9. The van der Waals surface area contributed by atoms with E-state index in [4.69, 9.17) is 4.74 Å². The quantitative estimate of drug-likeness (QED) is 0.709. The Balaban J connectivity index is 1.32. The van der Waals surface area contributed by atoms with Crippen LogP contribution in [0.1, 0.15) is 53.5 Å². The van der Waals surface area contributed by atoms with Crippen LogP contribution in [0.4, 0.5) is 0 Å². The van der Waals surface area contributed by atoms with Crippen LogP contribution in [0, 0.1) is 13.8 Å². The van der Waals surface area contributed by atoms with Crippen LogP contribution >= 0.6 is 0 Å². The van der Waals surface area contributed by atoms with Gasteiger partial charge in [-0.05, 0) is 87.9 Å². The summed E-state index contributed by atoms with van der Waals surface area (Å²) < 4.78 is 6.56. The highest BCUT2D eigenvalue weighted by Gasteiger charge is 2.73. The van der Waals surface area contributed by atoms with E-state index in [1.54, 1.807) is 6.07 Å². The number of hydrogen-bond acceptors (Lipinski definition) is 5. The number of ether oxygens (including phenoxy) is 1. The van der Waals surface area contributed by atoms with Crippen molar-refractivity contribution in [1.82, 2.24) is 9.80 Å². The number of benzene rings is 2. The summed E-state index contributed by atoms with van der Waals surface area (Å²) >= 11 is 0. The second-order valence-electron chi connectivity index (χ2n) is 11.4. The van der Waals surface area contributed by atoms with E-state index in [2.05, 4.69) is 44.0 Å². The monoisotopic (exact) mass is 476 g/mol. The van der Waals surface area contributed by atoms with Crippen molar-refractivity contribution in [2.24, 2.45) is 0 Å². The number of aliphatic hydroxyl groups is 1. The topological polar surface area (TPSA) is 73.2 Å². The van der Waals surface area contributed by atoms with Crippen molar-refractivity contribution in [1.29, 1.82) is 0 Å². The third-order valence-corrected chi connectivity index (χ3v) is 9.79. The molecule has 1 saturated heterocycles. The Morgan fingerprint density at radius 2 is 2.00 bits per heavy atom. The lowest BCUT2D eigenvalue weighted by Crippen LogP contribution is -2.77. The van der Waals surface area contributed by atoms with Crippen LogP contribution in [-0.2, 0) is 23.1 Å². The van der Waals surface area contributed by atoms with Gasteiger partial charge < -0.3 is 24.7 Å². The van der Waals surface area contributed by atoms with Gasteiger partial charge in [-0.1, -0.05) is 24.3 Å². The Hall–Kier alpha value is -2.57. The summed E-state index contributed by atoms with van der Waals surface area (Å²) in [5.74, 6) is 0.755. The highest BCUT2D eigenvalue weighted by atomic mass is 16.5. The molecular weight excluding hydrogens is 440 g/mol. The van der Waals surface area contributed by atoms with E-state index in [1.807, 2.05) is 18.0 Å². The summed E-state index contributed by atoms with van der Waals surface area (Å²) in [6, 6.07) is 9.97. The smallest absolute Gasteiger partial charge is 0.223 e. The molecule has 2 bridgehead atoms. The maximum Gasteiger partial charge on any atom is 0.223 e. The fraction of sp³-hybridized carbons (Fsp3) is 0.552. The predicted octanol–water partition coefficient (Wildman–Crippen LogP) is 3.25. The highest BCUT2D eigenvalue weighted by Crippen LogP contribution is 2.65. The predicted molar refractivity (Wildman–Crippen MR) is 134 cm³/mol. The lowest BCUT2D eigenvalue weighted by atomic mass is 9.48. The fourth-order valence-corrected chi connectivity index (χ4v) is 7.70. The zero-order valence-corrected chi connectivity index (χ0v) is 21.2. The first-order chi connectivity index (χ1) is 16.7. The molecular formula is C29H36N2O4. The summed E-state index contributed by atoms with van der Waals surface area (Å²) in [6.07, 6.45) is 3.59. The normalized spacial score (nSPS) is 32.7. The highest BCUT2D eigenvalue weighted by molar-refractivity contribution is 5.77. The molecule has 2 fully saturated rings. The van der Waals surface area contributed by atoms with Crippen molar-refractivity contribution >= 4 is 5.91 Å². The van der Waals surface area contributed by atoms with E-state index in [-0.39, 0.29) is 29.8 Å². The van der Waals surface area contributed by atoms with Crippen molar-refractivity contribution in [3.05, 3.63) is 58.1 Å². The fourth-order valence-electron chi connectivity index (χ4n) is 7.70. The molecule has 0 radical (unpaired) electrons. The van der Waals surface area contributed by atoms with Crippen LogP contribution in [0.5, 0.6) is 11.5 Å². The molecule has 6 rings (SSSR count). The lowest BCUT2D eigenvalue weighted by molar-refractivity contribution is -0.196. The van der Waals surface area contributed by atoms with E-state index < -0.39 is 11.0 Å². The van der Waals surface area contributed by atoms with Gasteiger partial charge in [-0.2, -0.15) is 0 Å². The first-order valence-electron chi connectivity index (χ1n) is 12.9. The summed E-state index contributed by atoms with van der Waals surface area (Å²) in [7, 11) is 3.98. The van der Waals surface area contributed by atoms with Gasteiger partial charge in [0.1, 0.15) is 6.10 Å². The number of phenols is 1. The second-order valence-corrected chi connectivity index (χ2v) is 11.4. The summed E-state index contributed by atoms with van der Waals surface area (Å²) in [5, 5.41) is 23.0. The number of phenolic OH excluding ortho intramolecular Hbond substituents is 1.